The molecule has 4 N–H and O–H groups in total. The molecule has 74 heavy (non-hydrogen) atoms. The van der Waals surface area contributed by atoms with Crippen LogP contribution in [0.2, 0.25) is 13.3 Å². The second kappa shape index (κ2) is 23.5. The van der Waals surface area contributed by atoms with Crippen LogP contribution in [0.4, 0.5) is 17.6 Å². The molecule has 4 saturated carbocycles. The molecule has 2 heterocycles. The number of benzene rings is 2. The molecule has 6 aliphatic carbocycles. The minimum atomic E-state index is -2.78. The van der Waals surface area contributed by atoms with Crippen LogP contribution in [0.5, 0.6) is 0 Å². The first-order valence-corrected chi connectivity index (χ1v) is 35.8. The molecular weight excluding hydrogens is 1120 g/mol. The maximum absolute atomic E-state index is 13.6. The number of nitrogens with zero attached hydrogens (tertiary/aromatic N) is 4. The number of guanidine groups is 2. The number of alkyl halides is 4. The summed E-state index contributed by atoms with van der Waals surface area (Å²) in [6, 6.07) is 11.9. The number of rotatable bonds is 13. The number of aliphatic imine (C=N–C) groups is 2. The number of carbonyl (C=O) groups is 2. The largest absolute Gasteiger partial charge is 0.369 e. The number of ether oxygens (including phenoxy) is 2. The van der Waals surface area contributed by atoms with Crippen molar-refractivity contribution in [3.63, 3.8) is 0 Å². The number of hydrogen-bond donors (Lipinski definition) is 2. The number of amides is 2. The van der Waals surface area contributed by atoms with Crippen LogP contribution in [-0.4, -0.2) is 91.4 Å². The third-order valence-electron chi connectivity index (χ3n) is 17.5. The Labute approximate surface area is 449 Å². The van der Waals surface area contributed by atoms with Gasteiger partial charge in [0.25, 0.3) is 11.8 Å². The van der Waals surface area contributed by atoms with E-state index in [9.17, 15) is 27.2 Å². The van der Waals surface area contributed by atoms with Crippen LogP contribution >= 0.6 is 15.9 Å². The molecule has 16 heteroatoms. The van der Waals surface area contributed by atoms with Crippen LogP contribution in [0.15, 0.2) is 50.9 Å². The van der Waals surface area contributed by atoms with Gasteiger partial charge >= 0.3 is 133 Å². The fourth-order valence-corrected chi connectivity index (χ4v) is 26.8. The smallest absolute Gasteiger partial charge is 0.345 e. The average Bonchev–Trinajstić information content (AvgIpc) is 4.32. The molecule has 0 bridgehead atoms. The summed E-state index contributed by atoms with van der Waals surface area (Å²) in [4.78, 5) is 39.2. The van der Waals surface area contributed by atoms with E-state index in [1.807, 2.05) is 36.4 Å². The van der Waals surface area contributed by atoms with Crippen molar-refractivity contribution in [3.05, 3.63) is 68.7 Å². The molecule has 2 amide bonds. The first-order valence-electron chi connectivity index (χ1n) is 27.5. The number of nitrogens with two attached hydrogens (primary N) is 2. The van der Waals surface area contributed by atoms with Gasteiger partial charge in [-0.1, -0.05) is 39.9 Å². The number of likely N-dealkylation sites (N-methyl/N-ethyl adjacent to an activating group) is 2. The maximum Gasteiger partial charge on any atom is 0.345 e. The molecule has 8 aliphatic rings. The molecule has 2 atom stereocenters. The van der Waals surface area contributed by atoms with Crippen LogP contribution in [-0.2, 0) is 43.0 Å². The molecule has 4 fully saturated rings. The molecule has 4 spiro atoms. The number of hydrogen-bond acceptors (Lipinski definition) is 8. The van der Waals surface area contributed by atoms with Crippen LogP contribution in [0.25, 0.3) is 0 Å². The van der Waals surface area contributed by atoms with Crippen molar-refractivity contribution < 1.29 is 36.6 Å². The Bertz CT molecular complexity index is 2550. The predicted octanol–water partition coefficient (Wildman–Crippen LogP) is 12.1. The van der Waals surface area contributed by atoms with E-state index in [0.29, 0.717) is 70.1 Å². The first kappa shape index (κ1) is 56.6. The Hall–Kier alpha value is -3.64. The summed E-state index contributed by atoms with van der Waals surface area (Å²) in [7, 11) is 3.27. The number of carbonyl (C=O) groups excluding carboxylic acids is 2. The summed E-state index contributed by atoms with van der Waals surface area (Å²) in [6.07, 6.45) is 18.2. The van der Waals surface area contributed by atoms with Gasteiger partial charge in [0.15, 0.2) is 23.0 Å². The first-order chi connectivity index (χ1) is 35.4. The van der Waals surface area contributed by atoms with Crippen molar-refractivity contribution >= 4 is 58.0 Å². The van der Waals surface area contributed by atoms with Gasteiger partial charge in [0, 0.05) is 40.9 Å². The molecule has 0 radical (unpaired) electrons. The maximum atomic E-state index is 13.6. The van der Waals surface area contributed by atoms with E-state index in [-0.39, 0.29) is 23.7 Å². The molecule has 0 saturated heterocycles. The molecule has 2 aliphatic heterocycles. The SMILES string of the molecule is CCC[CH2][Sn]([C]#CC1CC1)([CH2]CCC)[CH2]CCC.CN1C(=O)C2(N=C1N)c1cc(Br)ccc1CC21CCC(OC(F)F)CC1.CN1C(=O)C2(N=C1N)c1cc(C#CC3CC3)ccc1CC21CCC(OC(F)F)CC1. The van der Waals surface area contributed by atoms with E-state index in [4.69, 9.17) is 25.9 Å². The zero-order valence-electron chi connectivity index (χ0n) is 44.2. The molecule has 402 valence electrons. The van der Waals surface area contributed by atoms with Crippen LogP contribution in [0.1, 0.15) is 164 Å². The molecule has 2 unspecified atom stereocenters. The Balaban J connectivity index is 0.000000153. The zero-order valence-corrected chi connectivity index (χ0v) is 48.6. The van der Waals surface area contributed by atoms with Gasteiger partial charge < -0.3 is 20.9 Å². The van der Waals surface area contributed by atoms with E-state index in [1.165, 1.54) is 61.2 Å². The van der Waals surface area contributed by atoms with Crippen molar-refractivity contribution in [2.75, 3.05) is 14.1 Å². The van der Waals surface area contributed by atoms with Gasteiger partial charge in [0.1, 0.15) is 0 Å². The zero-order chi connectivity index (χ0) is 53.1. The van der Waals surface area contributed by atoms with Gasteiger partial charge in [-0.25, -0.2) is 9.98 Å². The van der Waals surface area contributed by atoms with E-state index in [0.717, 1.165) is 51.0 Å². The number of halogens is 5. The molecule has 10 rings (SSSR count). The summed E-state index contributed by atoms with van der Waals surface area (Å²) in [6.45, 7) is 1.46. The van der Waals surface area contributed by atoms with Gasteiger partial charge in [-0.3, -0.25) is 19.4 Å². The van der Waals surface area contributed by atoms with E-state index < -0.39 is 65.7 Å². The fourth-order valence-electron chi connectivity index (χ4n) is 13.0. The molecule has 2 aromatic carbocycles. The quantitative estimate of drug-likeness (QED) is 0.116. The van der Waals surface area contributed by atoms with Gasteiger partial charge in [0.2, 0.25) is 0 Å². The van der Waals surface area contributed by atoms with Crippen LogP contribution in [0, 0.1) is 44.4 Å². The minimum absolute atomic E-state index is 0.139. The molecule has 10 nitrogen and oxygen atoms in total. The van der Waals surface area contributed by atoms with Crippen molar-refractivity contribution in [1.82, 2.24) is 9.80 Å². The molecular formula is C58H77BrF4N6O4Sn. The molecule has 2 aromatic rings. The molecule has 0 aromatic heterocycles. The van der Waals surface area contributed by atoms with Gasteiger partial charge in [-0.05, 0) is 124 Å². The Morgan fingerprint density at radius 1 is 0.662 bits per heavy atom. The Morgan fingerprint density at radius 2 is 1.08 bits per heavy atom. The third-order valence-corrected chi connectivity index (χ3v) is 31.2. The van der Waals surface area contributed by atoms with Gasteiger partial charge in [-0.2, -0.15) is 17.6 Å². The summed E-state index contributed by atoms with van der Waals surface area (Å²) >= 11 is 1.42. The minimum Gasteiger partial charge on any atom is -0.369 e. The van der Waals surface area contributed by atoms with Crippen LogP contribution in [0.3, 0.4) is 0 Å². The van der Waals surface area contributed by atoms with Crippen molar-refractivity contribution in [1.29, 1.82) is 0 Å². The number of unbranched alkanes of at least 4 members (excludes halogenated alkanes) is 3. The van der Waals surface area contributed by atoms with E-state index in [2.05, 4.69) is 63.4 Å². The third kappa shape index (κ3) is 11.5. The fraction of sp³-hybridized carbons (Fsp3) is 0.655. The second-order valence-corrected chi connectivity index (χ2v) is 35.8. The monoisotopic (exact) mass is 1200 g/mol. The average molecular weight is 1200 g/mol. The van der Waals surface area contributed by atoms with Crippen LogP contribution < -0.4 is 11.5 Å². The van der Waals surface area contributed by atoms with E-state index >= 15 is 0 Å². The summed E-state index contributed by atoms with van der Waals surface area (Å²) < 4.78 is 69.5. The Morgan fingerprint density at radius 3 is 1.47 bits per heavy atom. The Kier molecular flexibility index (Phi) is 18.0. The van der Waals surface area contributed by atoms with Gasteiger partial charge in [-0.15, -0.1) is 0 Å². The van der Waals surface area contributed by atoms with Crippen molar-refractivity contribution in [2.24, 2.45) is 44.1 Å². The summed E-state index contributed by atoms with van der Waals surface area (Å²) in [5, 5.41) is 0. The van der Waals surface area contributed by atoms with Gasteiger partial charge in [0.05, 0.1) is 12.2 Å². The normalized spacial score (nSPS) is 28.6. The number of fused-ring (bicyclic) bond motifs is 6. The van der Waals surface area contributed by atoms with E-state index in [1.54, 1.807) is 27.4 Å². The predicted molar refractivity (Wildman–Crippen MR) is 289 cm³/mol. The standard InChI is InChI=1S/C23H25F2N3O2.C18H20BrF2N3O2.C5H5.3C4H9.Sn/c1-28-19(29)23(27-21(28)26)18-12-15(5-4-14-2-3-14)6-7-16(18)13-22(23)10-8-17(9-11-22)30-20(24)25;1-24-14(25)18(23-16(24)22)13-8-11(19)3-2-10(13)9-17(18)6-4-12(5-7-17)26-15(20)21;1-2-5-3-4-5;3*1-3-4-2;/h6-7,12,14,17,20H,2-3,8-11,13H2,1H3,(H2,26,27);2-3,8,12,15H,4-7,9H2,1H3,(H2,22,23);5H,3-4H2;3*1,3-4H2,2H3;. The van der Waals surface area contributed by atoms with Crippen molar-refractivity contribution in [2.45, 2.75) is 199 Å². The summed E-state index contributed by atoms with van der Waals surface area (Å²) in [5.74, 6) is 11.6. The second-order valence-electron chi connectivity index (χ2n) is 22.5. The van der Waals surface area contributed by atoms with Crippen molar-refractivity contribution in [3.8, 4) is 21.7 Å². The summed E-state index contributed by atoms with van der Waals surface area (Å²) in [5.41, 5.74) is 13.8. The topological polar surface area (TPSA) is 136 Å².